The highest BCUT2D eigenvalue weighted by Crippen LogP contribution is 2.44. The minimum Gasteiger partial charge on any atom is -0.492 e. The van der Waals surface area contributed by atoms with E-state index in [2.05, 4.69) is 14.9 Å². The minimum atomic E-state index is -4.44. The molecule has 2 N–H and O–H groups in total. The SMILES string of the molecule is C[C@H](c1c(F)ccc2ccccc12)[C@H](NS(=O)(=O)c1ccc(Cl)c2c1OCCC2F)c1n[nH]c(=O)o1. The first-order valence-corrected chi connectivity index (χ1v) is 12.9. The van der Waals surface area contributed by atoms with Crippen molar-refractivity contribution in [2.45, 2.75) is 36.4 Å². The maximum Gasteiger partial charge on any atom is 0.434 e. The number of H-pyrrole nitrogens is 1. The molecule has 188 valence electrons. The van der Waals surface area contributed by atoms with Gasteiger partial charge < -0.3 is 9.15 Å². The second-order valence-electron chi connectivity index (χ2n) is 8.41. The molecule has 0 radical (unpaired) electrons. The van der Waals surface area contributed by atoms with Crippen LogP contribution in [0.4, 0.5) is 8.78 Å². The molecule has 4 aromatic rings. The Morgan fingerprint density at radius 1 is 1.19 bits per heavy atom. The molecule has 3 aromatic carbocycles. The van der Waals surface area contributed by atoms with Crippen molar-refractivity contribution < 1.29 is 26.4 Å². The highest BCUT2D eigenvalue weighted by atomic mass is 35.5. The van der Waals surface area contributed by atoms with E-state index in [0.717, 1.165) is 5.39 Å². The molecule has 36 heavy (non-hydrogen) atoms. The Balaban J connectivity index is 1.63. The normalized spacial score (nSPS) is 17.4. The summed E-state index contributed by atoms with van der Waals surface area (Å²) in [6.45, 7) is 1.55. The zero-order valence-corrected chi connectivity index (χ0v) is 20.4. The minimum absolute atomic E-state index is 0.0299. The number of hydrogen-bond donors (Lipinski definition) is 2. The lowest BCUT2D eigenvalue weighted by Gasteiger charge is -2.27. The predicted octanol–water partition coefficient (Wildman–Crippen LogP) is 4.93. The molecule has 1 unspecified atom stereocenters. The van der Waals surface area contributed by atoms with Crippen LogP contribution in [0.25, 0.3) is 10.8 Å². The number of nitrogens with one attached hydrogen (secondary N) is 2. The van der Waals surface area contributed by atoms with Gasteiger partial charge in [-0.2, -0.15) is 4.72 Å². The smallest absolute Gasteiger partial charge is 0.434 e. The quantitative estimate of drug-likeness (QED) is 0.362. The fraction of sp³-hybridized carbons (Fsp3) is 0.250. The van der Waals surface area contributed by atoms with Crippen molar-refractivity contribution in [1.82, 2.24) is 14.9 Å². The number of rotatable bonds is 6. The van der Waals surface area contributed by atoms with Gasteiger partial charge in [0.1, 0.15) is 28.7 Å². The standard InChI is InChI=1S/C24H20ClF2N3O5S/c1-12(19-14-5-3-2-4-13(14)6-8-16(19)26)21(23-28-29-24(31)35-23)30-36(32,33)18-9-7-15(25)20-17(27)10-11-34-22(18)20/h2-9,12,17,21,30H,10-11H2,1H3,(H,29,31)/t12-,17?,21+/m1/s1. The molecule has 12 heteroatoms. The number of ether oxygens (including phenoxy) is 1. The van der Waals surface area contributed by atoms with Crippen LogP contribution in [0.3, 0.4) is 0 Å². The monoisotopic (exact) mass is 535 g/mol. The summed E-state index contributed by atoms with van der Waals surface area (Å²) in [6, 6.07) is 11.1. The lowest BCUT2D eigenvalue weighted by Crippen LogP contribution is -2.33. The van der Waals surface area contributed by atoms with Crippen molar-refractivity contribution in [3.05, 3.63) is 86.9 Å². The summed E-state index contributed by atoms with van der Waals surface area (Å²) >= 11 is 6.13. The van der Waals surface area contributed by atoms with E-state index in [0.29, 0.717) is 5.39 Å². The van der Waals surface area contributed by atoms with Gasteiger partial charge in [0.15, 0.2) is 0 Å². The summed E-state index contributed by atoms with van der Waals surface area (Å²) < 4.78 is 70.0. The lowest BCUT2D eigenvalue weighted by atomic mass is 9.89. The summed E-state index contributed by atoms with van der Waals surface area (Å²) in [5.41, 5.74) is 0.145. The number of aromatic amines is 1. The molecule has 0 fully saturated rings. The highest BCUT2D eigenvalue weighted by Gasteiger charge is 2.36. The second-order valence-corrected chi connectivity index (χ2v) is 10.5. The summed E-state index contributed by atoms with van der Waals surface area (Å²) in [4.78, 5) is 11.4. The van der Waals surface area contributed by atoms with Crippen LogP contribution in [0.1, 0.15) is 48.5 Å². The number of nitrogens with zero attached hydrogens (tertiary/aromatic N) is 1. The fourth-order valence-corrected chi connectivity index (χ4v) is 6.18. The summed E-state index contributed by atoms with van der Waals surface area (Å²) in [7, 11) is -4.44. The molecule has 1 aromatic heterocycles. The zero-order valence-electron chi connectivity index (χ0n) is 18.8. The first-order chi connectivity index (χ1) is 17.2. The average molecular weight is 536 g/mol. The van der Waals surface area contributed by atoms with Crippen LogP contribution < -0.4 is 15.2 Å². The van der Waals surface area contributed by atoms with Gasteiger partial charge in [0.05, 0.1) is 11.6 Å². The van der Waals surface area contributed by atoms with Gasteiger partial charge in [-0.05, 0) is 29.0 Å². The van der Waals surface area contributed by atoms with E-state index >= 15 is 4.39 Å². The van der Waals surface area contributed by atoms with Crippen LogP contribution in [-0.4, -0.2) is 25.2 Å². The number of aromatic nitrogens is 2. The Morgan fingerprint density at radius 2 is 1.97 bits per heavy atom. The van der Waals surface area contributed by atoms with E-state index in [4.69, 9.17) is 20.8 Å². The fourth-order valence-electron chi connectivity index (χ4n) is 4.49. The second kappa shape index (κ2) is 9.30. The van der Waals surface area contributed by atoms with Crippen LogP contribution in [0, 0.1) is 5.82 Å². The van der Waals surface area contributed by atoms with Gasteiger partial charge in [0.2, 0.25) is 15.9 Å². The van der Waals surface area contributed by atoms with Gasteiger partial charge in [-0.1, -0.05) is 48.9 Å². The van der Waals surface area contributed by atoms with Crippen LogP contribution in [0.15, 0.2) is 62.6 Å². The molecule has 0 bridgehead atoms. The third-order valence-electron chi connectivity index (χ3n) is 6.20. The lowest BCUT2D eigenvalue weighted by molar-refractivity contribution is 0.195. The van der Waals surface area contributed by atoms with Gasteiger partial charge in [-0.25, -0.2) is 27.1 Å². The third-order valence-corrected chi connectivity index (χ3v) is 8.00. The van der Waals surface area contributed by atoms with E-state index in [1.165, 1.54) is 18.2 Å². The molecule has 1 aliphatic rings. The maximum atomic E-state index is 15.1. The van der Waals surface area contributed by atoms with E-state index in [9.17, 15) is 17.6 Å². The van der Waals surface area contributed by atoms with Crippen molar-refractivity contribution in [3.8, 4) is 5.75 Å². The molecule has 0 aliphatic carbocycles. The van der Waals surface area contributed by atoms with Gasteiger partial charge in [-0.15, -0.1) is 5.10 Å². The number of hydrogen-bond acceptors (Lipinski definition) is 6. The number of halogens is 3. The van der Waals surface area contributed by atoms with Crippen LogP contribution >= 0.6 is 11.6 Å². The first-order valence-electron chi connectivity index (χ1n) is 11.0. The Hall–Kier alpha value is -3.28. The molecule has 0 saturated carbocycles. The van der Waals surface area contributed by atoms with Gasteiger partial charge in [0.25, 0.3) is 0 Å². The Bertz CT molecular complexity index is 1620. The third kappa shape index (κ3) is 4.27. The molecule has 1 aliphatic heterocycles. The van der Waals surface area contributed by atoms with E-state index in [1.807, 2.05) is 0 Å². The largest absolute Gasteiger partial charge is 0.492 e. The van der Waals surface area contributed by atoms with E-state index in [1.54, 1.807) is 37.3 Å². The van der Waals surface area contributed by atoms with Crippen LogP contribution in [-0.2, 0) is 10.0 Å². The van der Waals surface area contributed by atoms with E-state index < -0.39 is 39.7 Å². The Kier molecular flexibility index (Phi) is 6.31. The molecule has 3 atom stereocenters. The van der Waals surface area contributed by atoms with Gasteiger partial charge in [0, 0.05) is 23.5 Å². The first kappa shape index (κ1) is 24.4. The number of sulfonamides is 1. The molecule has 2 heterocycles. The zero-order chi connectivity index (χ0) is 25.6. The topological polar surface area (TPSA) is 114 Å². The Labute approximate surface area is 209 Å². The molecular formula is C24H20ClF2N3O5S. The molecule has 0 spiro atoms. The van der Waals surface area contributed by atoms with Crippen molar-refractivity contribution in [3.63, 3.8) is 0 Å². The molecule has 0 saturated heterocycles. The number of fused-ring (bicyclic) bond motifs is 2. The van der Waals surface area contributed by atoms with Crippen molar-refractivity contribution >= 4 is 32.4 Å². The van der Waals surface area contributed by atoms with Crippen LogP contribution in [0.5, 0.6) is 5.75 Å². The number of alkyl halides is 1. The van der Waals surface area contributed by atoms with Gasteiger partial charge >= 0.3 is 5.76 Å². The van der Waals surface area contributed by atoms with Crippen molar-refractivity contribution in [1.29, 1.82) is 0 Å². The highest BCUT2D eigenvalue weighted by molar-refractivity contribution is 7.89. The predicted molar refractivity (Wildman–Crippen MR) is 128 cm³/mol. The molecule has 8 nitrogen and oxygen atoms in total. The molecule has 5 rings (SSSR count). The van der Waals surface area contributed by atoms with E-state index in [-0.39, 0.29) is 45.7 Å². The number of benzene rings is 3. The van der Waals surface area contributed by atoms with Crippen molar-refractivity contribution in [2.24, 2.45) is 0 Å². The summed E-state index contributed by atoms with van der Waals surface area (Å²) in [6.07, 6.45) is -1.47. The molecular weight excluding hydrogens is 516 g/mol. The van der Waals surface area contributed by atoms with Gasteiger partial charge in [-0.3, -0.25) is 0 Å². The summed E-state index contributed by atoms with van der Waals surface area (Å²) in [5.74, 6) is -2.87. The summed E-state index contributed by atoms with van der Waals surface area (Å²) in [5, 5.41) is 7.23. The maximum absolute atomic E-state index is 15.1. The Morgan fingerprint density at radius 3 is 2.72 bits per heavy atom. The average Bonchev–Trinajstić information content (AvgIpc) is 3.28. The van der Waals surface area contributed by atoms with Crippen molar-refractivity contribution in [2.75, 3.05) is 6.61 Å². The molecule has 0 amide bonds. The van der Waals surface area contributed by atoms with Crippen LogP contribution in [0.2, 0.25) is 5.02 Å².